The van der Waals surface area contributed by atoms with Crippen molar-refractivity contribution in [3.8, 4) is 0 Å². The van der Waals surface area contributed by atoms with Crippen molar-refractivity contribution in [2.24, 2.45) is 0 Å². The molecule has 0 amide bonds. The van der Waals surface area contributed by atoms with Crippen LogP contribution in [-0.2, 0) is 9.63 Å². The van der Waals surface area contributed by atoms with Gasteiger partial charge in [0.2, 0.25) is 0 Å². The predicted molar refractivity (Wildman–Crippen MR) is 104 cm³/mol. The van der Waals surface area contributed by atoms with Crippen LogP contribution in [0.15, 0.2) is 0 Å². The first kappa shape index (κ1) is 23.4. The van der Waals surface area contributed by atoms with Gasteiger partial charge in [-0.25, -0.2) is 0 Å². The molecule has 0 saturated heterocycles. The first-order valence-corrected chi connectivity index (χ1v) is 10.7. The van der Waals surface area contributed by atoms with Crippen LogP contribution in [0.5, 0.6) is 0 Å². The van der Waals surface area contributed by atoms with Gasteiger partial charge in [0.25, 0.3) is 0 Å². The van der Waals surface area contributed by atoms with E-state index >= 15 is 0 Å². The number of hydroxylamine groups is 1. The van der Waals surface area contributed by atoms with Crippen LogP contribution in [0.2, 0.25) is 0 Å². The number of hydrogen-bond donors (Lipinski definition) is 1. The summed E-state index contributed by atoms with van der Waals surface area (Å²) < 4.78 is 0. The van der Waals surface area contributed by atoms with Crippen LogP contribution in [0.4, 0.5) is 0 Å². The van der Waals surface area contributed by atoms with Gasteiger partial charge in [0, 0.05) is 13.0 Å². The molecule has 0 aliphatic heterocycles. The summed E-state index contributed by atoms with van der Waals surface area (Å²) in [5.74, 6) is -0.175. The van der Waals surface area contributed by atoms with Crippen molar-refractivity contribution >= 4 is 5.97 Å². The Morgan fingerprint density at radius 2 is 1.00 bits per heavy atom. The van der Waals surface area contributed by atoms with Crippen LogP contribution in [0.3, 0.4) is 0 Å². The molecule has 0 heterocycles. The molecule has 0 saturated carbocycles. The number of nitrogens with one attached hydrogen (secondary N) is 1. The molecule has 3 heteroatoms. The highest BCUT2D eigenvalue weighted by Gasteiger charge is 1.97. The van der Waals surface area contributed by atoms with Gasteiger partial charge in [-0.3, -0.25) is 4.79 Å². The van der Waals surface area contributed by atoms with E-state index in [4.69, 9.17) is 4.84 Å². The van der Waals surface area contributed by atoms with Gasteiger partial charge in [0.05, 0.1) is 0 Å². The molecule has 24 heavy (non-hydrogen) atoms. The average Bonchev–Trinajstić information content (AvgIpc) is 2.60. The zero-order valence-electron chi connectivity index (χ0n) is 16.5. The minimum absolute atomic E-state index is 0.175. The second-order valence-electron chi connectivity index (χ2n) is 7.03. The maximum Gasteiger partial charge on any atom is 0.324 e. The summed E-state index contributed by atoms with van der Waals surface area (Å²) in [6, 6.07) is 0. The van der Waals surface area contributed by atoms with Crippen LogP contribution in [0, 0.1) is 0 Å². The number of carbonyl (C=O) groups is 1. The van der Waals surface area contributed by atoms with Gasteiger partial charge in [-0.05, 0) is 6.42 Å². The summed E-state index contributed by atoms with van der Waals surface area (Å²) in [6.07, 6.45) is 22.5. The number of carbonyl (C=O) groups excluding carboxylic acids is 1. The second kappa shape index (κ2) is 20.5. The molecule has 0 atom stereocenters. The summed E-state index contributed by atoms with van der Waals surface area (Å²) >= 11 is 0. The molecule has 0 aromatic carbocycles. The molecule has 0 fully saturated rings. The number of hydrogen-bond acceptors (Lipinski definition) is 3. The third-order valence-electron chi connectivity index (χ3n) is 4.61. The van der Waals surface area contributed by atoms with Gasteiger partial charge in [-0.1, -0.05) is 110 Å². The zero-order valence-corrected chi connectivity index (χ0v) is 16.5. The molecule has 0 spiro atoms. The summed E-state index contributed by atoms with van der Waals surface area (Å²) in [7, 11) is 0. The van der Waals surface area contributed by atoms with Gasteiger partial charge >= 0.3 is 5.97 Å². The lowest BCUT2D eigenvalue weighted by Crippen LogP contribution is -2.20. The fourth-order valence-corrected chi connectivity index (χ4v) is 2.95. The third kappa shape index (κ3) is 19.5. The first-order chi connectivity index (χ1) is 11.8. The largest absolute Gasteiger partial charge is 0.371 e. The lowest BCUT2D eigenvalue weighted by Gasteiger charge is -2.05. The maximum absolute atomic E-state index is 10.9. The maximum atomic E-state index is 10.9. The van der Waals surface area contributed by atoms with E-state index in [1.807, 2.05) is 0 Å². The lowest BCUT2D eigenvalue weighted by molar-refractivity contribution is -0.150. The van der Waals surface area contributed by atoms with E-state index in [0.29, 0.717) is 6.42 Å². The quantitative estimate of drug-likeness (QED) is 0.210. The van der Waals surface area contributed by atoms with Crippen molar-refractivity contribution in [1.82, 2.24) is 5.48 Å². The van der Waals surface area contributed by atoms with E-state index in [-0.39, 0.29) is 5.97 Å². The van der Waals surface area contributed by atoms with Gasteiger partial charge in [0.1, 0.15) is 0 Å². The van der Waals surface area contributed by atoms with E-state index in [0.717, 1.165) is 13.0 Å². The van der Waals surface area contributed by atoms with Gasteiger partial charge in [-0.2, -0.15) is 5.48 Å². The van der Waals surface area contributed by atoms with E-state index in [2.05, 4.69) is 12.4 Å². The van der Waals surface area contributed by atoms with Gasteiger partial charge < -0.3 is 4.84 Å². The topological polar surface area (TPSA) is 38.3 Å². The van der Waals surface area contributed by atoms with Gasteiger partial charge in [-0.15, -0.1) is 0 Å². The van der Waals surface area contributed by atoms with Crippen molar-refractivity contribution in [1.29, 1.82) is 0 Å². The summed E-state index contributed by atoms with van der Waals surface area (Å²) in [6.45, 7) is 4.87. The molecule has 1 N–H and O–H groups in total. The summed E-state index contributed by atoms with van der Waals surface area (Å²) in [5, 5.41) is 0. The summed E-state index contributed by atoms with van der Waals surface area (Å²) in [5.41, 5.74) is 2.74. The molecular formula is C21H43NO2. The molecule has 0 bridgehead atoms. The minimum atomic E-state index is -0.175. The Hall–Kier alpha value is -0.570. The average molecular weight is 342 g/mol. The smallest absolute Gasteiger partial charge is 0.324 e. The lowest BCUT2D eigenvalue weighted by atomic mass is 10.0. The molecule has 0 unspecified atom stereocenters. The Labute approximate surface area is 151 Å². The summed E-state index contributed by atoms with van der Waals surface area (Å²) in [4.78, 5) is 15.7. The molecule has 0 aliphatic carbocycles. The van der Waals surface area contributed by atoms with Crippen LogP contribution in [-0.4, -0.2) is 12.5 Å². The van der Waals surface area contributed by atoms with Crippen LogP contribution >= 0.6 is 0 Å². The molecule has 0 aromatic heterocycles. The molecule has 0 rings (SSSR count). The Bertz CT molecular complexity index is 256. The van der Waals surface area contributed by atoms with Crippen molar-refractivity contribution in [2.75, 3.05) is 6.54 Å². The van der Waals surface area contributed by atoms with Crippen molar-refractivity contribution < 1.29 is 9.63 Å². The highest BCUT2D eigenvalue weighted by molar-refractivity contribution is 5.68. The molecular weight excluding hydrogens is 298 g/mol. The second-order valence-corrected chi connectivity index (χ2v) is 7.03. The molecule has 0 aromatic rings. The number of unbranched alkanes of at least 4 members (excludes halogenated alkanes) is 15. The van der Waals surface area contributed by atoms with E-state index in [1.165, 1.54) is 96.3 Å². The highest BCUT2D eigenvalue weighted by atomic mass is 16.7. The van der Waals surface area contributed by atoms with E-state index in [9.17, 15) is 4.79 Å². The molecule has 0 aliphatic rings. The predicted octanol–water partition coefficient (Wildman–Crippen LogP) is 6.71. The van der Waals surface area contributed by atoms with E-state index < -0.39 is 0 Å². The standard InChI is InChI=1S/C21H43NO2/c1-3-5-6-7-8-9-10-11-12-13-14-15-16-17-18-19-20-22-24-21(23)4-2/h22H,3-20H2,1-2H3. The Morgan fingerprint density at radius 3 is 1.38 bits per heavy atom. The molecule has 3 nitrogen and oxygen atoms in total. The molecule has 0 radical (unpaired) electrons. The van der Waals surface area contributed by atoms with Crippen LogP contribution in [0.1, 0.15) is 123 Å². The Morgan fingerprint density at radius 1 is 0.625 bits per heavy atom. The van der Waals surface area contributed by atoms with Crippen molar-refractivity contribution in [3.63, 3.8) is 0 Å². The van der Waals surface area contributed by atoms with Crippen molar-refractivity contribution in [3.05, 3.63) is 0 Å². The van der Waals surface area contributed by atoms with Gasteiger partial charge in [0.15, 0.2) is 0 Å². The Balaban J connectivity index is 2.99. The number of rotatable bonds is 19. The van der Waals surface area contributed by atoms with Crippen molar-refractivity contribution in [2.45, 2.75) is 123 Å². The third-order valence-corrected chi connectivity index (χ3v) is 4.61. The SMILES string of the molecule is CCCCCCCCCCCCCCCCCCNOC(=O)CC. The minimum Gasteiger partial charge on any atom is -0.371 e. The van der Waals surface area contributed by atoms with E-state index in [1.54, 1.807) is 6.92 Å². The first-order valence-electron chi connectivity index (χ1n) is 10.7. The fraction of sp³-hybridized carbons (Fsp3) is 0.952. The normalized spacial score (nSPS) is 10.9. The highest BCUT2D eigenvalue weighted by Crippen LogP contribution is 2.13. The zero-order chi connectivity index (χ0) is 17.7. The van der Waals surface area contributed by atoms with Crippen LogP contribution in [0.25, 0.3) is 0 Å². The van der Waals surface area contributed by atoms with Crippen LogP contribution < -0.4 is 5.48 Å². The fourth-order valence-electron chi connectivity index (χ4n) is 2.95. The molecule has 144 valence electrons. The Kier molecular flexibility index (Phi) is 20.0. The monoisotopic (exact) mass is 341 g/mol.